The highest BCUT2D eigenvalue weighted by Crippen LogP contribution is 2.44. The Hall–Kier alpha value is -1.98. The lowest BCUT2D eigenvalue weighted by atomic mass is 9.62. The average Bonchev–Trinajstić information content (AvgIpc) is 2.48. The summed E-state index contributed by atoms with van der Waals surface area (Å²) < 4.78 is 0. The number of hydrogen-bond donors (Lipinski definition) is 1. The highest BCUT2D eigenvalue weighted by molar-refractivity contribution is 6.31. The number of rotatable bonds is 3. The Bertz CT molecular complexity index is 682. The molecule has 0 radical (unpaired) electrons. The minimum absolute atomic E-state index is 0.321. The molecule has 0 spiro atoms. The van der Waals surface area contributed by atoms with Crippen molar-refractivity contribution in [2.24, 2.45) is 0 Å². The van der Waals surface area contributed by atoms with E-state index in [9.17, 15) is 5.26 Å². The Balaban J connectivity index is 1.73. The van der Waals surface area contributed by atoms with Gasteiger partial charge in [-0.3, -0.25) is 0 Å². The van der Waals surface area contributed by atoms with Crippen LogP contribution in [0.2, 0.25) is 5.02 Å². The van der Waals surface area contributed by atoms with Gasteiger partial charge in [-0.15, -0.1) is 0 Å². The van der Waals surface area contributed by atoms with Gasteiger partial charge >= 0.3 is 0 Å². The molecule has 106 valence electrons. The van der Waals surface area contributed by atoms with Gasteiger partial charge in [-0.05, 0) is 43.0 Å². The van der Waals surface area contributed by atoms with Crippen molar-refractivity contribution in [1.82, 2.24) is 0 Å². The van der Waals surface area contributed by atoms with Crippen LogP contribution in [0.3, 0.4) is 0 Å². The molecule has 1 fully saturated rings. The monoisotopic (exact) mass is 296 g/mol. The van der Waals surface area contributed by atoms with Gasteiger partial charge in [0.25, 0.3) is 0 Å². The molecule has 21 heavy (non-hydrogen) atoms. The number of anilines is 1. The fraction of sp³-hybridized carbons (Fsp3) is 0.278. The van der Waals surface area contributed by atoms with Gasteiger partial charge in [0.05, 0.1) is 11.5 Å². The standard InChI is InChI=1S/C18H17ClN2/c1-13-16(19)8-5-9-17(13)21-15-10-18(11-15,12-20)14-6-3-2-4-7-14/h2-9,15,21H,10-11H2,1H3. The third kappa shape index (κ3) is 2.50. The Morgan fingerprint density at radius 2 is 1.86 bits per heavy atom. The van der Waals surface area contributed by atoms with Crippen molar-refractivity contribution < 1.29 is 0 Å². The molecule has 2 aromatic rings. The molecule has 0 heterocycles. The summed E-state index contributed by atoms with van der Waals surface area (Å²) in [6.45, 7) is 2.01. The number of nitriles is 1. The maximum Gasteiger partial charge on any atom is 0.0861 e. The zero-order valence-electron chi connectivity index (χ0n) is 11.9. The maximum absolute atomic E-state index is 9.57. The van der Waals surface area contributed by atoms with E-state index < -0.39 is 0 Å². The molecule has 0 aromatic heterocycles. The minimum Gasteiger partial charge on any atom is -0.382 e. The van der Waals surface area contributed by atoms with Crippen LogP contribution in [0.1, 0.15) is 24.0 Å². The van der Waals surface area contributed by atoms with Crippen molar-refractivity contribution in [2.75, 3.05) is 5.32 Å². The second kappa shape index (κ2) is 5.42. The van der Waals surface area contributed by atoms with Crippen LogP contribution in [0.25, 0.3) is 0 Å². The van der Waals surface area contributed by atoms with Gasteiger partial charge in [0.15, 0.2) is 0 Å². The number of halogens is 1. The molecular formula is C18H17ClN2. The lowest BCUT2D eigenvalue weighted by Gasteiger charge is -2.44. The van der Waals surface area contributed by atoms with Gasteiger partial charge in [-0.1, -0.05) is 48.0 Å². The van der Waals surface area contributed by atoms with E-state index in [1.807, 2.05) is 55.5 Å². The van der Waals surface area contributed by atoms with Crippen molar-refractivity contribution in [2.45, 2.75) is 31.2 Å². The smallest absolute Gasteiger partial charge is 0.0861 e. The SMILES string of the molecule is Cc1c(Cl)cccc1NC1CC(C#N)(c2ccccc2)C1. The van der Waals surface area contributed by atoms with Gasteiger partial charge in [-0.2, -0.15) is 5.26 Å². The van der Waals surface area contributed by atoms with Gasteiger partial charge in [0.2, 0.25) is 0 Å². The van der Waals surface area contributed by atoms with Crippen molar-refractivity contribution in [3.8, 4) is 6.07 Å². The first-order valence-corrected chi connectivity index (χ1v) is 7.51. The molecule has 0 aliphatic heterocycles. The van der Waals surface area contributed by atoms with E-state index in [0.29, 0.717) is 6.04 Å². The Morgan fingerprint density at radius 1 is 1.14 bits per heavy atom. The summed E-state index contributed by atoms with van der Waals surface area (Å²) in [4.78, 5) is 0. The predicted molar refractivity (Wildman–Crippen MR) is 86.6 cm³/mol. The lowest BCUT2D eigenvalue weighted by molar-refractivity contribution is 0.289. The van der Waals surface area contributed by atoms with E-state index in [2.05, 4.69) is 11.4 Å². The topological polar surface area (TPSA) is 35.8 Å². The summed E-state index contributed by atoms with van der Waals surface area (Å²) in [5.41, 5.74) is 2.90. The predicted octanol–water partition coefficient (Wildman–Crippen LogP) is 4.68. The van der Waals surface area contributed by atoms with Crippen LogP contribution < -0.4 is 5.32 Å². The first-order valence-electron chi connectivity index (χ1n) is 7.13. The van der Waals surface area contributed by atoms with Crippen LogP contribution in [-0.2, 0) is 5.41 Å². The Morgan fingerprint density at radius 3 is 2.52 bits per heavy atom. The first-order chi connectivity index (χ1) is 10.1. The fourth-order valence-electron chi connectivity index (χ4n) is 3.02. The van der Waals surface area contributed by atoms with E-state index in [1.165, 1.54) is 0 Å². The first kappa shape index (κ1) is 14.0. The quantitative estimate of drug-likeness (QED) is 0.892. The zero-order valence-corrected chi connectivity index (χ0v) is 12.7. The molecule has 0 amide bonds. The molecule has 1 N–H and O–H groups in total. The van der Waals surface area contributed by atoms with E-state index in [1.54, 1.807) is 0 Å². The summed E-state index contributed by atoms with van der Waals surface area (Å²) in [6.07, 6.45) is 1.67. The van der Waals surface area contributed by atoms with Crippen LogP contribution in [0.4, 0.5) is 5.69 Å². The fourth-order valence-corrected chi connectivity index (χ4v) is 3.19. The minimum atomic E-state index is -0.342. The molecule has 3 heteroatoms. The molecule has 2 nitrogen and oxygen atoms in total. The van der Waals surface area contributed by atoms with Crippen molar-refractivity contribution in [3.05, 3.63) is 64.7 Å². The maximum atomic E-state index is 9.57. The number of nitrogens with one attached hydrogen (secondary N) is 1. The molecule has 3 rings (SSSR count). The average molecular weight is 297 g/mol. The third-order valence-electron chi connectivity index (χ3n) is 4.36. The van der Waals surface area contributed by atoms with Crippen LogP contribution in [0.15, 0.2) is 48.5 Å². The summed E-state index contributed by atoms with van der Waals surface area (Å²) in [6, 6.07) is 18.8. The molecule has 1 aliphatic carbocycles. The highest BCUT2D eigenvalue weighted by Gasteiger charge is 2.46. The zero-order chi connectivity index (χ0) is 14.9. The van der Waals surface area contributed by atoms with Crippen LogP contribution in [-0.4, -0.2) is 6.04 Å². The molecule has 0 saturated heterocycles. The van der Waals surface area contributed by atoms with E-state index >= 15 is 0 Å². The Labute approximate surface area is 130 Å². The van der Waals surface area contributed by atoms with Gasteiger partial charge in [0.1, 0.15) is 0 Å². The molecule has 1 saturated carbocycles. The number of nitrogens with zero attached hydrogens (tertiary/aromatic N) is 1. The molecule has 1 aliphatic rings. The molecule has 0 unspecified atom stereocenters. The summed E-state index contributed by atoms with van der Waals surface area (Å²) in [5, 5.41) is 13.9. The highest BCUT2D eigenvalue weighted by atomic mass is 35.5. The lowest BCUT2D eigenvalue weighted by Crippen LogP contribution is -2.47. The molecular weight excluding hydrogens is 280 g/mol. The second-order valence-electron chi connectivity index (χ2n) is 5.72. The van der Waals surface area contributed by atoms with Crippen molar-refractivity contribution in [1.29, 1.82) is 5.26 Å². The van der Waals surface area contributed by atoms with E-state index in [4.69, 9.17) is 11.6 Å². The largest absolute Gasteiger partial charge is 0.382 e. The molecule has 0 atom stereocenters. The van der Waals surface area contributed by atoms with Gasteiger partial charge in [0, 0.05) is 16.8 Å². The van der Waals surface area contributed by atoms with Crippen molar-refractivity contribution in [3.63, 3.8) is 0 Å². The van der Waals surface area contributed by atoms with E-state index in [0.717, 1.165) is 34.7 Å². The van der Waals surface area contributed by atoms with Crippen LogP contribution in [0.5, 0.6) is 0 Å². The van der Waals surface area contributed by atoms with Crippen molar-refractivity contribution >= 4 is 17.3 Å². The summed E-state index contributed by atoms with van der Waals surface area (Å²) in [5.74, 6) is 0. The van der Waals surface area contributed by atoms with Gasteiger partial charge < -0.3 is 5.32 Å². The van der Waals surface area contributed by atoms with Crippen LogP contribution >= 0.6 is 11.6 Å². The third-order valence-corrected chi connectivity index (χ3v) is 4.77. The molecule has 2 aromatic carbocycles. The second-order valence-corrected chi connectivity index (χ2v) is 6.13. The summed E-state index contributed by atoms with van der Waals surface area (Å²) >= 11 is 6.15. The normalized spacial score (nSPS) is 24.0. The van der Waals surface area contributed by atoms with Gasteiger partial charge in [-0.25, -0.2) is 0 Å². The van der Waals surface area contributed by atoms with Crippen LogP contribution in [0, 0.1) is 18.3 Å². The number of hydrogen-bond acceptors (Lipinski definition) is 2. The summed E-state index contributed by atoms with van der Waals surface area (Å²) in [7, 11) is 0. The Kier molecular flexibility index (Phi) is 3.61. The number of benzene rings is 2. The van der Waals surface area contributed by atoms with E-state index in [-0.39, 0.29) is 5.41 Å². The molecule has 0 bridgehead atoms.